The van der Waals surface area contributed by atoms with E-state index in [1.807, 2.05) is 74.5 Å². The molecule has 1 atom stereocenters. The molecule has 0 aliphatic carbocycles. The largest absolute Gasteiger partial charge is 0.480 e. The maximum Gasteiger partial charge on any atom is 0.326 e. The number of carbonyl (C=O) groups excluding carboxylic acids is 1. The van der Waals surface area contributed by atoms with Crippen LogP contribution in [0.15, 0.2) is 60.7 Å². The predicted molar refractivity (Wildman–Crippen MR) is 102 cm³/mol. The van der Waals surface area contributed by atoms with Crippen molar-refractivity contribution in [2.75, 3.05) is 6.54 Å². The van der Waals surface area contributed by atoms with E-state index in [1.165, 1.54) is 0 Å². The summed E-state index contributed by atoms with van der Waals surface area (Å²) in [5, 5.41) is 14.6. The molecule has 0 aromatic heterocycles. The zero-order valence-electron chi connectivity index (χ0n) is 15.2. The second-order valence-corrected chi connectivity index (χ2v) is 6.75. The number of carboxylic acid groups (broad SMARTS) is 1. The van der Waals surface area contributed by atoms with Gasteiger partial charge in [0.25, 0.3) is 0 Å². The van der Waals surface area contributed by atoms with Gasteiger partial charge in [-0.3, -0.25) is 0 Å². The van der Waals surface area contributed by atoms with Crippen LogP contribution in [0.5, 0.6) is 0 Å². The molecule has 2 aromatic rings. The number of nitrogens with one attached hydrogen (secondary N) is 2. The van der Waals surface area contributed by atoms with Gasteiger partial charge in [-0.05, 0) is 23.5 Å². The highest BCUT2D eigenvalue weighted by Crippen LogP contribution is 2.23. The molecule has 0 aliphatic heterocycles. The minimum absolute atomic E-state index is 0.00322. The Morgan fingerprint density at radius 1 is 0.923 bits per heavy atom. The fourth-order valence-electron chi connectivity index (χ4n) is 2.90. The topological polar surface area (TPSA) is 78.4 Å². The molecule has 2 rings (SSSR count). The third-order valence-electron chi connectivity index (χ3n) is 4.18. The maximum atomic E-state index is 12.2. The maximum absolute atomic E-state index is 12.2. The van der Waals surface area contributed by atoms with Gasteiger partial charge in [0.05, 0.1) is 0 Å². The number of hydrogen-bond acceptors (Lipinski definition) is 2. The molecule has 5 nitrogen and oxygen atoms in total. The Morgan fingerprint density at radius 3 is 1.85 bits per heavy atom. The molecule has 0 heterocycles. The Hall–Kier alpha value is -2.82. The predicted octanol–water partition coefficient (Wildman–Crippen LogP) is 3.62. The SMILES string of the molecule is CC(C)C[C@H](NC(=O)NCC(c1ccccc1)c1ccccc1)C(=O)O. The molecule has 0 saturated heterocycles. The molecule has 0 bridgehead atoms. The van der Waals surface area contributed by atoms with Crippen molar-refractivity contribution < 1.29 is 14.7 Å². The van der Waals surface area contributed by atoms with Crippen LogP contribution in [0.4, 0.5) is 4.79 Å². The van der Waals surface area contributed by atoms with Gasteiger partial charge in [-0.2, -0.15) is 0 Å². The Labute approximate surface area is 154 Å². The lowest BCUT2D eigenvalue weighted by atomic mass is 9.91. The van der Waals surface area contributed by atoms with Gasteiger partial charge in [-0.1, -0.05) is 74.5 Å². The summed E-state index contributed by atoms with van der Waals surface area (Å²) >= 11 is 0. The van der Waals surface area contributed by atoms with E-state index in [1.54, 1.807) is 0 Å². The van der Waals surface area contributed by atoms with E-state index < -0.39 is 18.0 Å². The van der Waals surface area contributed by atoms with Crippen LogP contribution in [0.1, 0.15) is 37.3 Å². The highest BCUT2D eigenvalue weighted by molar-refractivity contribution is 5.82. The first-order valence-electron chi connectivity index (χ1n) is 8.84. The summed E-state index contributed by atoms with van der Waals surface area (Å²) in [7, 11) is 0. The minimum atomic E-state index is -1.02. The standard InChI is InChI=1S/C21H26N2O3/c1-15(2)13-19(20(24)25)23-21(26)22-14-18(16-9-5-3-6-10-16)17-11-7-4-8-12-17/h3-12,15,18-19H,13-14H2,1-2H3,(H,24,25)(H2,22,23,26)/t19-/m0/s1. The molecule has 2 aromatic carbocycles. The van der Waals surface area contributed by atoms with Crippen molar-refractivity contribution in [3.63, 3.8) is 0 Å². The molecule has 2 amide bonds. The fourth-order valence-corrected chi connectivity index (χ4v) is 2.90. The smallest absolute Gasteiger partial charge is 0.326 e. The second kappa shape index (κ2) is 9.61. The van der Waals surface area contributed by atoms with Crippen molar-refractivity contribution in [3.8, 4) is 0 Å². The first-order valence-corrected chi connectivity index (χ1v) is 8.84. The van der Waals surface area contributed by atoms with Gasteiger partial charge in [0.1, 0.15) is 6.04 Å². The summed E-state index contributed by atoms with van der Waals surface area (Å²) < 4.78 is 0. The molecule has 0 spiro atoms. The van der Waals surface area contributed by atoms with Crippen molar-refractivity contribution in [1.29, 1.82) is 0 Å². The van der Waals surface area contributed by atoms with Gasteiger partial charge in [0.2, 0.25) is 0 Å². The molecule has 26 heavy (non-hydrogen) atoms. The molecule has 0 fully saturated rings. The van der Waals surface area contributed by atoms with E-state index in [0.29, 0.717) is 13.0 Å². The lowest BCUT2D eigenvalue weighted by Gasteiger charge is -2.21. The van der Waals surface area contributed by atoms with Crippen molar-refractivity contribution >= 4 is 12.0 Å². The number of carbonyl (C=O) groups is 2. The van der Waals surface area contributed by atoms with Crippen LogP contribution >= 0.6 is 0 Å². The van der Waals surface area contributed by atoms with Crippen LogP contribution in [-0.4, -0.2) is 29.7 Å². The molecule has 0 unspecified atom stereocenters. The monoisotopic (exact) mass is 354 g/mol. The van der Waals surface area contributed by atoms with Gasteiger partial charge in [-0.15, -0.1) is 0 Å². The first kappa shape index (κ1) is 19.5. The van der Waals surface area contributed by atoms with Crippen LogP contribution in [0, 0.1) is 5.92 Å². The number of urea groups is 1. The lowest BCUT2D eigenvalue weighted by Crippen LogP contribution is -2.47. The Kier molecular flexibility index (Phi) is 7.21. The van der Waals surface area contributed by atoms with Crippen LogP contribution in [0.25, 0.3) is 0 Å². The highest BCUT2D eigenvalue weighted by Gasteiger charge is 2.22. The van der Waals surface area contributed by atoms with E-state index in [9.17, 15) is 14.7 Å². The number of hydrogen-bond donors (Lipinski definition) is 3. The zero-order chi connectivity index (χ0) is 18.9. The molecule has 138 valence electrons. The van der Waals surface area contributed by atoms with Gasteiger partial charge in [0.15, 0.2) is 0 Å². The molecule has 3 N–H and O–H groups in total. The van der Waals surface area contributed by atoms with E-state index in [-0.39, 0.29) is 11.8 Å². The van der Waals surface area contributed by atoms with Crippen LogP contribution in [0.2, 0.25) is 0 Å². The minimum Gasteiger partial charge on any atom is -0.480 e. The van der Waals surface area contributed by atoms with Crippen LogP contribution < -0.4 is 10.6 Å². The fraction of sp³-hybridized carbons (Fsp3) is 0.333. The number of rotatable bonds is 8. The average molecular weight is 354 g/mol. The van der Waals surface area contributed by atoms with Gasteiger partial charge in [-0.25, -0.2) is 9.59 Å². The summed E-state index contributed by atoms with van der Waals surface area (Å²) in [6, 6.07) is 18.5. The second-order valence-electron chi connectivity index (χ2n) is 6.75. The van der Waals surface area contributed by atoms with E-state index in [2.05, 4.69) is 10.6 Å². The summed E-state index contributed by atoms with van der Waals surface area (Å²) in [6.07, 6.45) is 0.392. The van der Waals surface area contributed by atoms with Crippen molar-refractivity contribution in [1.82, 2.24) is 10.6 Å². The molecular weight excluding hydrogens is 328 g/mol. The number of carboxylic acids is 1. The molecule has 5 heteroatoms. The van der Waals surface area contributed by atoms with Gasteiger partial charge < -0.3 is 15.7 Å². The number of amides is 2. The molecular formula is C21H26N2O3. The van der Waals surface area contributed by atoms with Crippen LogP contribution in [0.3, 0.4) is 0 Å². The third-order valence-corrected chi connectivity index (χ3v) is 4.18. The van der Waals surface area contributed by atoms with Gasteiger partial charge in [0, 0.05) is 12.5 Å². The Balaban J connectivity index is 2.05. The molecule has 0 radical (unpaired) electrons. The van der Waals surface area contributed by atoms with Gasteiger partial charge >= 0.3 is 12.0 Å². The van der Waals surface area contributed by atoms with Crippen LogP contribution in [-0.2, 0) is 4.79 Å². The normalized spacial score (nSPS) is 12.0. The first-order chi connectivity index (χ1) is 12.5. The van der Waals surface area contributed by atoms with E-state index in [0.717, 1.165) is 11.1 Å². The molecule has 0 aliphatic rings. The highest BCUT2D eigenvalue weighted by atomic mass is 16.4. The van der Waals surface area contributed by atoms with Crippen molar-refractivity contribution in [2.24, 2.45) is 5.92 Å². The number of aliphatic carboxylic acids is 1. The summed E-state index contributed by atoms with van der Waals surface area (Å²) in [4.78, 5) is 23.5. The summed E-state index contributed by atoms with van der Waals surface area (Å²) in [5.41, 5.74) is 2.19. The molecule has 0 saturated carbocycles. The Morgan fingerprint density at radius 2 is 1.42 bits per heavy atom. The summed E-state index contributed by atoms with van der Waals surface area (Å²) in [6.45, 7) is 4.24. The number of benzene rings is 2. The summed E-state index contributed by atoms with van der Waals surface area (Å²) in [5.74, 6) is -0.842. The average Bonchev–Trinajstić information content (AvgIpc) is 2.62. The quantitative estimate of drug-likeness (QED) is 0.677. The van der Waals surface area contributed by atoms with Crippen molar-refractivity contribution in [2.45, 2.75) is 32.2 Å². The third kappa shape index (κ3) is 5.92. The van der Waals surface area contributed by atoms with E-state index in [4.69, 9.17) is 0 Å². The Bertz CT molecular complexity index is 662. The van der Waals surface area contributed by atoms with Crippen molar-refractivity contribution in [3.05, 3.63) is 71.8 Å². The lowest BCUT2D eigenvalue weighted by molar-refractivity contribution is -0.139. The zero-order valence-corrected chi connectivity index (χ0v) is 15.2. The van der Waals surface area contributed by atoms with E-state index >= 15 is 0 Å².